The Morgan fingerprint density at radius 1 is 1.14 bits per heavy atom. The number of ether oxygens (including phenoxy) is 1. The lowest BCUT2D eigenvalue weighted by atomic mass is 9.94. The van der Waals surface area contributed by atoms with Crippen molar-refractivity contribution >= 4 is 27.5 Å². The third kappa shape index (κ3) is 4.81. The molecule has 232 valence electrons. The summed E-state index contributed by atoms with van der Waals surface area (Å²) in [4.78, 5) is 17.8. The number of aliphatic hydroxyl groups excluding tert-OH is 1. The molecule has 4 atom stereocenters. The van der Waals surface area contributed by atoms with Crippen molar-refractivity contribution in [3.63, 3.8) is 0 Å². The van der Waals surface area contributed by atoms with Crippen LogP contribution in [0.5, 0.6) is 11.8 Å². The Balaban J connectivity index is 1.39. The molecule has 0 amide bonds. The maximum atomic E-state index is 16.7. The molecule has 2 aromatic heterocycles. The Morgan fingerprint density at radius 3 is 2.80 bits per heavy atom. The molecule has 3 saturated heterocycles. The van der Waals surface area contributed by atoms with Crippen molar-refractivity contribution in [1.82, 2.24) is 19.9 Å². The lowest BCUT2D eigenvalue weighted by Crippen LogP contribution is -2.45. The summed E-state index contributed by atoms with van der Waals surface area (Å²) in [6.07, 6.45) is 3.81. The van der Waals surface area contributed by atoms with E-state index in [9.17, 15) is 19.0 Å². The first kappa shape index (κ1) is 29.0. The van der Waals surface area contributed by atoms with Crippen LogP contribution in [-0.4, -0.2) is 80.2 Å². The number of hydrogen-bond acceptors (Lipinski definition) is 8. The number of aromatic hydroxyl groups is 1. The summed E-state index contributed by atoms with van der Waals surface area (Å²) in [6, 6.07) is 5.76. The van der Waals surface area contributed by atoms with E-state index in [0.29, 0.717) is 66.3 Å². The quantitative estimate of drug-likeness (QED) is 0.289. The van der Waals surface area contributed by atoms with E-state index in [-0.39, 0.29) is 41.2 Å². The minimum Gasteiger partial charge on any atom is -0.508 e. The van der Waals surface area contributed by atoms with Crippen molar-refractivity contribution in [2.24, 2.45) is 0 Å². The summed E-state index contributed by atoms with van der Waals surface area (Å²) < 4.78 is 52.3. The monoisotopic (exact) mass is 607 g/mol. The maximum Gasteiger partial charge on any atom is 0.319 e. The number of benzene rings is 2. The van der Waals surface area contributed by atoms with Crippen LogP contribution in [0.1, 0.15) is 51.5 Å². The van der Waals surface area contributed by atoms with Crippen LogP contribution < -0.4 is 9.64 Å². The van der Waals surface area contributed by atoms with E-state index in [1.54, 1.807) is 6.07 Å². The van der Waals surface area contributed by atoms with E-state index in [1.807, 2.05) is 18.7 Å². The first-order valence-corrected chi connectivity index (χ1v) is 15.4. The summed E-state index contributed by atoms with van der Waals surface area (Å²) in [5, 5.41) is 22.4. The van der Waals surface area contributed by atoms with Gasteiger partial charge >= 0.3 is 6.01 Å². The number of aliphatic hydroxyl groups is 1. The number of alkyl halides is 1. The average molecular weight is 608 g/mol. The van der Waals surface area contributed by atoms with E-state index in [0.717, 1.165) is 19.4 Å². The van der Waals surface area contributed by atoms with Gasteiger partial charge in [-0.3, -0.25) is 9.88 Å². The van der Waals surface area contributed by atoms with Crippen LogP contribution in [0.15, 0.2) is 30.5 Å². The van der Waals surface area contributed by atoms with Crippen LogP contribution in [0.3, 0.4) is 0 Å². The van der Waals surface area contributed by atoms with Crippen molar-refractivity contribution in [2.75, 3.05) is 31.1 Å². The van der Waals surface area contributed by atoms with Crippen molar-refractivity contribution in [3.05, 3.63) is 47.7 Å². The first-order chi connectivity index (χ1) is 21.2. The topological polar surface area (TPSA) is 94.8 Å². The lowest BCUT2D eigenvalue weighted by Gasteiger charge is -2.37. The molecular formula is C33H36F3N5O3. The summed E-state index contributed by atoms with van der Waals surface area (Å²) >= 11 is 0. The SMILES string of the molecule is CCc1c(F)ccc2cc(O)cc(-c3ncc4c(N5C[C@H](O)CC[C@@H]5C)nc(OCC56CCCN5C[C@H](F)C6)nc4c3F)c12. The molecule has 2 aromatic carbocycles. The second kappa shape index (κ2) is 11.0. The largest absolute Gasteiger partial charge is 0.508 e. The average Bonchev–Trinajstić information content (AvgIpc) is 3.53. The highest BCUT2D eigenvalue weighted by atomic mass is 19.1. The van der Waals surface area contributed by atoms with Crippen LogP contribution in [-0.2, 0) is 6.42 Å². The summed E-state index contributed by atoms with van der Waals surface area (Å²) in [6.45, 7) is 5.49. The molecule has 7 rings (SSSR count). The molecular weight excluding hydrogens is 571 g/mol. The van der Waals surface area contributed by atoms with E-state index in [1.165, 1.54) is 24.4 Å². The molecule has 0 radical (unpaired) electrons. The van der Waals surface area contributed by atoms with Gasteiger partial charge in [0.15, 0.2) is 5.82 Å². The highest BCUT2D eigenvalue weighted by molar-refractivity contribution is 6.01. The number of nitrogens with zero attached hydrogens (tertiary/aromatic N) is 5. The zero-order valence-corrected chi connectivity index (χ0v) is 24.9. The number of fused-ring (bicyclic) bond motifs is 3. The number of phenols is 1. The summed E-state index contributed by atoms with van der Waals surface area (Å²) in [7, 11) is 0. The fraction of sp³-hybridized carbons (Fsp3) is 0.485. The summed E-state index contributed by atoms with van der Waals surface area (Å²) in [5.74, 6) is -0.890. The second-order valence-electron chi connectivity index (χ2n) is 12.6. The predicted molar refractivity (Wildman–Crippen MR) is 162 cm³/mol. The third-order valence-electron chi connectivity index (χ3n) is 9.77. The molecule has 0 spiro atoms. The standard InChI is InChI=1S/C33H36F3N5O3/c1-3-23-26(35)8-6-19-11-22(43)12-24(27(19)23)29-28(36)30-25(14-37-29)31(41-16-21(42)7-5-18(41)2)39-32(38-30)44-17-33-9-4-10-40(33)15-20(34)13-33/h6,8,11-12,14,18,20-21,42-43H,3-5,7,9-10,13,15-17H2,1-2H3/t18-,20+,21+,33?/m0/s1. The predicted octanol–water partition coefficient (Wildman–Crippen LogP) is 5.70. The number of halogens is 3. The molecule has 0 saturated carbocycles. The zero-order chi connectivity index (χ0) is 30.7. The summed E-state index contributed by atoms with van der Waals surface area (Å²) in [5.41, 5.74) is 0.0719. The van der Waals surface area contributed by atoms with Gasteiger partial charge in [-0.2, -0.15) is 9.97 Å². The number of piperidine rings is 1. The van der Waals surface area contributed by atoms with Crippen LogP contribution in [0.4, 0.5) is 19.0 Å². The fourth-order valence-electron chi connectivity index (χ4n) is 7.56. The van der Waals surface area contributed by atoms with Gasteiger partial charge in [0.1, 0.15) is 41.4 Å². The van der Waals surface area contributed by atoms with Crippen molar-refractivity contribution in [3.8, 4) is 23.0 Å². The van der Waals surface area contributed by atoms with Gasteiger partial charge in [0.25, 0.3) is 0 Å². The Kier molecular flexibility index (Phi) is 7.28. The van der Waals surface area contributed by atoms with E-state index >= 15 is 4.39 Å². The Morgan fingerprint density at radius 2 is 1.98 bits per heavy atom. The van der Waals surface area contributed by atoms with Crippen molar-refractivity contribution < 1.29 is 28.1 Å². The fourth-order valence-corrected chi connectivity index (χ4v) is 7.56. The number of aryl methyl sites for hydroxylation is 1. The molecule has 8 nitrogen and oxygen atoms in total. The maximum absolute atomic E-state index is 16.7. The van der Waals surface area contributed by atoms with Gasteiger partial charge in [0.2, 0.25) is 0 Å². The van der Waals surface area contributed by atoms with Gasteiger partial charge < -0.3 is 19.8 Å². The molecule has 3 aliphatic rings. The van der Waals surface area contributed by atoms with Crippen molar-refractivity contribution in [2.45, 2.75) is 76.2 Å². The highest BCUT2D eigenvalue weighted by Crippen LogP contribution is 2.42. The number of rotatable bonds is 6. The van der Waals surface area contributed by atoms with Gasteiger partial charge in [-0.1, -0.05) is 13.0 Å². The van der Waals surface area contributed by atoms with Gasteiger partial charge in [-0.25, -0.2) is 13.2 Å². The van der Waals surface area contributed by atoms with E-state index in [4.69, 9.17) is 9.72 Å². The molecule has 3 fully saturated rings. The second-order valence-corrected chi connectivity index (χ2v) is 12.6. The highest BCUT2D eigenvalue weighted by Gasteiger charge is 2.49. The smallest absolute Gasteiger partial charge is 0.319 e. The number of hydrogen-bond donors (Lipinski definition) is 2. The Hall–Kier alpha value is -3.70. The normalized spacial score (nSPS) is 25.7. The van der Waals surface area contributed by atoms with Gasteiger partial charge in [-0.05, 0) is 80.1 Å². The molecule has 44 heavy (non-hydrogen) atoms. The third-order valence-corrected chi connectivity index (χ3v) is 9.77. The molecule has 2 N–H and O–H groups in total. The van der Waals surface area contributed by atoms with E-state index in [2.05, 4.69) is 14.9 Å². The van der Waals surface area contributed by atoms with E-state index < -0.39 is 29.4 Å². The molecule has 11 heteroatoms. The molecule has 3 aliphatic heterocycles. The van der Waals surface area contributed by atoms with Gasteiger partial charge in [0.05, 0.1) is 17.0 Å². The lowest BCUT2D eigenvalue weighted by molar-refractivity contribution is 0.107. The molecule has 0 bridgehead atoms. The van der Waals surface area contributed by atoms with Crippen LogP contribution in [0.25, 0.3) is 32.9 Å². The minimum atomic E-state index is -0.927. The number of aromatic nitrogens is 3. The van der Waals surface area contributed by atoms with Crippen LogP contribution in [0, 0.1) is 11.6 Å². The number of pyridine rings is 1. The van der Waals surface area contributed by atoms with Crippen LogP contribution >= 0.6 is 0 Å². The molecule has 1 unspecified atom stereocenters. The Labute approximate surface area is 253 Å². The molecule has 5 heterocycles. The number of anilines is 1. The molecule has 0 aliphatic carbocycles. The Bertz CT molecular complexity index is 1760. The van der Waals surface area contributed by atoms with Gasteiger partial charge in [-0.15, -0.1) is 0 Å². The zero-order valence-electron chi connectivity index (χ0n) is 24.9. The first-order valence-electron chi connectivity index (χ1n) is 15.4. The van der Waals surface area contributed by atoms with Crippen LogP contribution in [0.2, 0.25) is 0 Å². The van der Waals surface area contributed by atoms with Gasteiger partial charge in [0, 0.05) is 37.3 Å². The number of β-amino-alcohol motifs (C(OH)–C–C–N with tert-alkyl or cyclic N) is 1. The minimum absolute atomic E-state index is 0.00300. The molecule has 4 aromatic rings. The number of phenolic OH excluding ortho intramolecular Hbond substituents is 1. The van der Waals surface area contributed by atoms with Crippen molar-refractivity contribution in [1.29, 1.82) is 0 Å².